The highest BCUT2D eigenvalue weighted by atomic mass is 15.0. The molecule has 0 atom stereocenters. The van der Waals surface area contributed by atoms with Crippen molar-refractivity contribution in [2.24, 2.45) is 7.05 Å². The highest BCUT2D eigenvalue weighted by molar-refractivity contribution is 6.82. The van der Waals surface area contributed by atoms with Gasteiger partial charge in [0, 0.05) is 6.07 Å². The van der Waals surface area contributed by atoms with Gasteiger partial charge in [0.25, 0.3) is 0 Å². The number of hydrogen-bond acceptors (Lipinski definition) is 1. The Kier molecular flexibility index (Phi) is 2.67. The number of aryl methyl sites for hydroxylation is 1. The van der Waals surface area contributed by atoms with Gasteiger partial charge in [-0.1, -0.05) is 36.3 Å². The Bertz CT molecular complexity index is 694. The van der Waals surface area contributed by atoms with E-state index < -0.39 is 0 Å². The third kappa shape index (κ3) is 1.82. The van der Waals surface area contributed by atoms with E-state index in [0.717, 1.165) is 0 Å². The summed E-state index contributed by atoms with van der Waals surface area (Å²) in [6.07, 6.45) is 4.31. The van der Waals surface area contributed by atoms with Gasteiger partial charge in [-0.25, -0.2) is 4.57 Å². The van der Waals surface area contributed by atoms with Crippen molar-refractivity contribution in [1.82, 2.24) is 4.81 Å². The Morgan fingerprint density at radius 2 is 1.72 bits per heavy atom. The molecule has 0 fully saturated rings. The van der Waals surface area contributed by atoms with E-state index >= 15 is 0 Å². The number of benzene rings is 1. The summed E-state index contributed by atoms with van der Waals surface area (Å²) in [5, 5.41) is 2.60. The Balaban J connectivity index is 2.16. The van der Waals surface area contributed by atoms with Gasteiger partial charge in [0.15, 0.2) is 11.8 Å². The van der Waals surface area contributed by atoms with Crippen LogP contribution >= 0.6 is 0 Å². The number of fused-ring (bicyclic) bond motifs is 1. The lowest BCUT2D eigenvalue weighted by atomic mass is 9.55. The van der Waals surface area contributed by atoms with E-state index in [1.165, 1.54) is 16.0 Å². The zero-order valence-electron chi connectivity index (χ0n) is 10.7. The second-order valence-electron chi connectivity index (χ2n) is 4.77. The van der Waals surface area contributed by atoms with Crippen molar-refractivity contribution in [2.75, 3.05) is 7.05 Å². The zero-order valence-corrected chi connectivity index (χ0v) is 10.7. The molecule has 2 heterocycles. The molecule has 0 spiro atoms. The van der Waals surface area contributed by atoms with Gasteiger partial charge >= 0.3 is 6.85 Å². The molecule has 3 rings (SSSR count). The van der Waals surface area contributed by atoms with E-state index in [-0.39, 0.29) is 0 Å². The number of hydrogen-bond donors (Lipinski definition) is 0. The molecule has 0 amide bonds. The first-order chi connectivity index (χ1) is 8.75. The molecule has 0 radical (unpaired) electrons. The van der Waals surface area contributed by atoms with E-state index in [9.17, 15) is 0 Å². The third-order valence-electron chi connectivity index (χ3n) is 3.51. The van der Waals surface area contributed by atoms with Gasteiger partial charge in [0.1, 0.15) is 7.05 Å². The second kappa shape index (κ2) is 4.33. The molecule has 2 nitrogen and oxygen atoms in total. The van der Waals surface area contributed by atoms with Gasteiger partial charge in [-0.3, -0.25) is 0 Å². The van der Waals surface area contributed by atoms with Crippen LogP contribution in [0.15, 0.2) is 48.7 Å². The maximum Gasteiger partial charge on any atom is 0.396 e. The van der Waals surface area contributed by atoms with E-state index in [4.69, 9.17) is 0 Å². The van der Waals surface area contributed by atoms with E-state index in [2.05, 4.69) is 84.3 Å². The molecule has 1 aliphatic heterocycles. The van der Waals surface area contributed by atoms with Crippen LogP contribution in [0, 0.1) is 0 Å². The molecular weight excluding hydrogens is 219 g/mol. The van der Waals surface area contributed by atoms with Gasteiger partial charge in [0.05, 0.1) is 0 Å². The predicted octanol–water partition coefficient (Wildman–Crippen LogP) is -0.587. The average molecular weight is 235 g/mol. The molecular formula is C15H16BN2+. The van der Waals surface area contributed by atoms with Gasteiger partial charge in [-0.15, -0.1) is 0 Å². The summed E-state index contributed by atoms with van der Waals surface area (Å²) in [4.78, 5) is 2.26. The monoisotopic (exact) mass is 235 g/mol. The van der Waals surface area contributed by atoms with Crippen molar-refractivity contribution < 1.29 is 4.57 Å². The van der Waals surface area contributed by atoms with Gasteiger partial charge in [0.2, 0.25) is 0 Å². The maximum atomic E-state index is 2.32. The first-order valence-electron chi connectivity index (χ1n) is 6.21. The normalized spacial score (nSPS) is 13.7. The molecule has 0 saturated carbocycles. The van der Waals surface area contributed by atoms with Crippen LogP contribution in [0.1, 0.15) is 0 Å². The van der Waals surface area contributed by atoms with Crippen LogP contribution in [0.5, 0.6) is 0 Å². The second-order valence-corrected chi connectivity index (χ2v) is 4.77. The van der Waals surface area contributed by atoms with Crippen molar-refractivity contribution in [2.45, 2.75) is 0 Å². The minimum absolute atomic E-state index is 0.297. The minimum atomic E-state index is 0.297. The van der Waals surface area contributed by atoms with Crippen LogP contribution in [0.2, 0.25) is 0 Å². The lowest BCUT2D eigenvalue weighted by Gasteiger charge is -2.21. The van der Waals surface area contributed by atoms with Crippen LogP contribution in [0.25, 0.3) is 12.2 Å². The van der Waals surface area contributed by atoms with Gasteiger partial charge in [-0.05, 0) is 29.8 Å². The average Bonchev–Trinajstić information content (AvgIpc) is 2.39. The summed E-state index contributed by atoms with van der Waals surface area (Å²) < 4.78 is 2.18. The standard InChI is InChI=1S/C15H16BN2/c1-17-10-6-5-9-15(17)16-11-13-7-3-4-8-14(13)12-18(16)2/h3-12H,1-2H3/q+1. The molecule has 3 heteroatoms. The lowest BCUT2D eigenvalue weighted by Crippen LogP contribution is -2.60. The number of pyridine rings is 1. The third-order valence-corrected chi connectivity index (χ3v) is 3.51. The fraction of sp³-hybridized carbons (Fsp3) is 0.133. The van der Waals surface area contributed by atoms with Gasteiger partial charge in [-0.2, -0.15) is 0 Å². The van der Waals surface area contributed by atoms with Crippen LogP contribution < -0.4 is 20.6 Å². The fourth-order valence-electron chi connectivity index (χ4n) is 2.51. The fourth-order valence-corrected chi connectivity index (χ4v) is 2.51. The van der Waals surface area contributed by atoms with Gasteiger partial charge < -0.3 is 4.81 Å². The van der Waals surface area contributed by atoms with Crippen molar-refractivity contribution in [3.8, 4) is 0 Å². The topological polar surface area (TPSA) is 7.12 Å². The smallest absolute Gasteiger partial charge is 0.396 e. The largest absolute Gasteiger partial charge is 0.411 e. The summed E-state index contributed by atoms with van der Waals surface area (Å²) >= 11 is 0. The van der Waals surface area contributed by atoms with Crippen molar-refractivity contribution >= 4 is 24.6 Å². The SMILES string of the molecule is CN1C=c2ccccc2=CB1c1cccc[n+]1C. The van der Waals surface area contributed by atoms with E-state index in [1.807, 2.05) is 0 Å². The molecule has 1 aliphatic rings. The molecule has 1 aromatic carbocycles. The quantitative estimate of drug-likeness (QED) is 0.473. The predicted molar refractivity (Wildman–Crippen MR) is 75.4 cm³/mol. The molecule has 0 unspecified atom stereocenters. The summed E-state index contributed by atoms with van der Waals surface area (Å²) in [6, 6.07) is 14.8. The van der Waals surface area contributed by atoms with Crippen LogP contribution in [0.4, 0.5) is 0 Å². The molecule has 1 aromatic heterocycles. The molecule has 0 bridgehead atoms. The molecule has 0 saturated heterocycles. The molecule has 0 aliphatic carbocycles. The van der Waals surface area contributed by atoms with Crippen LogP contribution in [0.3, 0.4) is 0 Å². The molecule has 18 heavy (non-hydrogen) atoms. The Hall–Kier alpha value is -2.03. The highest BCUT2D eigenvalue weighted by Crippen LogP contribution is 1.96. The molecule has 2 aromatic rings. The van der Waals surface area contributed by atoms with Crippen molar-refractivity contribution in [3.05, 3.63) is 59.1 Å². The van der Waals surface area contributed by atoms with E-state index in [0.29, 0.717) is 6.85 Å². The summed E-state index contributed by atoms with van der Waals surface area (Å²) in [5.41, 5.74) is 1.30. The van der Waals surface area contributed by atoms with E-state index in [1.54, 1.807) is 0 Å². The highest BCUT2D eigenvalue weighted by Gasteiger charge is 2.28. The summed E-state index contributed by atoms with van der Waals surface area (Å²) in [5.74, 6) is 2.32. The van der Waals surface area contributed by atoms with Crippen molar-refractivity contribution in [3.63, 3.8) is 0 Å². The van der Waals surface area contributed by atoms with Crippen LogP contribution in [-0.4, -0.2) is 18.7 Å². The zero-order chi connectivity index (χ0) is 12.5. The summed E-state index contributed by atoms with van der Waals surface area (Å²) in [6.45, 7) is 0.297. The van der Waals surface area contributed by atoms with Crippen molar-refractivity contribution in [1.29, 1.82) is 0 Å². The first-order valence-corrected chi connectivity index (χ1v) is 6.21. The Morgan fingerprint density at radius 1 is 1.00 bits per heavy atom. The number of nitrogens with zero attached hydrogens (tertiary/aromatic N) is 2. The molecule has 0 N–H and O–H groups in total. The maximum absolute atomic E-state index is 2.32. The summed E-state index contributed by atoms with van der Waals surface area (Å²) in [7, 11) is 4.22. The number of aromatic nitrogens is 1. The lowest BCUT2D eigenvalue weighted by molar-refractivity contribution is -0.654. The molecule has 88 valence electrons. The Morgan fingerprint density at radius 3 is 2.50 bits per heavy atom. The first kappa shape index (κ1) is 11.1. The Labute approximate surface area is 108 Å². The minimum Gasteiger partial charge on any atom is -0.411 e. The van der Waals surface area contributed by atoms with Crippen LogP contribution in [-0.2, 0) is 7.05 Å². The number of rotatable bonds is 1.